The predicted molar refractivity (Wildman–Crippen MR) is 109 cm³/mol. The van der Waals surface area contributed by atoms with Gasteiger partial charge in [0.1, 0.15) is 22.3 Å². The van der Waals surface area contributed by atoms with Gasteiger partial charge in [0.2, 0.25) is 0 Å². The van der Waals surface area contributed by atoms with E-state index >= 15 is 0 Å². The standard InChI is InChI=1S/C18H23N7O2S/c1-12-21-15(23-18-19-11-14(28-18)17(26)27)10-16(22-12)24-6-8-25(9-7-24)20-5-4-13-2-3-13/h5,10-11,13H,2-4,6-9H2,1H3,(H,26,27)(H,19,21,22,23). The number of aryl methyl sites for hydroxylation is 1. The summed E-state index contributed by atoms with van der Waals surface area (Å²) in [5.41, 5.74) is 0. The van der Waals surface area contributed by atoms with Crippen LogP contribution in [0.25, 0.3) is 0 Å². The fourth-order valence-electron chi connectivity index (χ4n) is 3.02. The van der Waals surface area contributed by atoms with Gasteiger partial charge >= 0.3 is 5.97 Å². The van der Waals surface area contributed by atoms with Gasteiger partial charge in [0.25, 0.3) is 0 Å². The number of nitrogens with one attached hydrogen (secondary N) is 1. The number of rotatable bonds is 7. The van der Waals surface area contributed by atoms with E-state index in [2.05, 4.69) is 41.5 Å². The summed E-state index contributed by atoms with van der Waals surface area (Å²) in [6.45, 7) is 5.26. The molecule has 2 fully saturated rings. The van der Waals surface area contributed by atoms with Gasteiger partial charge in [-0.3, -0.25) is 5.01 Å². The number of carboxylic acids is 1. The minimum absolute atomic E-state index is 0.187. The molecule has 0 unspecified atom stereocenters. The molecule has 0 spiro atoms. The Bertz CT molecular complexity index is 873. The van der Waals surface area contributed by atoms with Crippen molar-refractivity contribution in [2.45, 2.75) is 26.2 Å². The van der Waals surface area contributed by atoms with Crippen LogP contribution < -0.4 is 10.2 Å². The van der Waals surface area contributed by atoms with Gasteiger partial charge in [0.05, 0.1) is 19.3 Å². The Morgan fingerprint density at radius 2 is 2.14 bits per heavy atom. The number of hydrogen-bond donors (Lipinski definition) is 2. The lowest BCUT2D eigenvalue weighted by molar-refractivity contribution is 0.0702. The van der Waals surface area contributed by atoms with Crippen LogP contribution in [0.1, 0.15) is 34.8 Å². The number of aromatic carboxylic acids is 1. The zero-order valence-electron chi connectivity index (χ0n) is 15.7. The maximum atomic E-state index is 11.0. The lowest BCUT2D eigenvalue weighted by Crippen LogP contribution is -2.44. The number of aromatic nitrogens is 3. The van der Waals surface area contributed by atoms with Crippen molar-refractivity contribution in [2.24, 2.45) is 11.0 Å². The first kappa shape index (κ1) is 18.6. The van der Waals surface area contributed by atoms with Crippen molar-refractivity contribution in [1.29, 1.82) is 0 Å². The van der Waals surface area contributed by atoms with E-state index in [1.807, 2.05) is 13.0 Å². The van der Waals surface area contributed by atoms with Gasteiger partial charge in [0.15, 0.2) is 5.13 Å². The Labute approximate surface area is 167 Å². The molecule has 148 valence electrons. The van der Waals surface area contributed by atoms with E-state index in [1.54, 1.807) is 0 Å². The highest BCUT2D eigenvalue weighted by atomic mass is 32.1. The smallest absolute Gasteiger partial charge is 0.347 e. The first-order valence-electron chi connectivity index (χ1n) is 9.41. The lowest BCUT2D eigenvalue weighted by Gasteiger charge is -2.34. The summed E-state index contributed by atoms with van der Waals surface area (Å²) in [7, 11) is 0. The topological polar surface area (TPSA) is 107 Å². The van der Waals surface area contributed by atoms with Gasteiger partial charge in [-0.25, -0.2) is 19.7 Å². The summed E-state index contributed by atoms with van der Waals surface area (Å²) in [4.78, 5) is 26.5. The van der Waals surface area contributed by atoms with Crippen LogP contribution in [-0.2, 0) is 0 Å². The Balaban J connectivity index is 1.38. The summed E-state index contributed by atoms with van der Waals surface area (Å²) >= 11 is 1.08. The van der Waals surface area contributed by atoms with Crippen LogP contribution in [-0.4, -0.2) is 63.4 Å². The average Bonchev–Trinajstić information content (AvgIpc) is 3.37. The molecule has 2 aromatic rings. The number of thiazole rings is 1. The van der Waals surface area contributed by atoms with Crippen molar-refractivity contribution >= 4 is 40.3 Å². The normalized spacial score (nSPS) is 17.3. The van der Waals surface area contributed by atoms with E-state index in [0.717, 1.165) is 55.7 Å². The second-order valence-corrected chi connectivity index (χ2v) is 8.07. The molecule has 0 bridgehead atoms. The number of piperazine rings is 1. The van der Waals surface area contributed by atoms with Gasteiger partial charge in [0, 0.05) is 25.4 Å². The third kappa shape index (κ3) is 4.75. The molecular weight excluding hydrogens is 378 g/mol. The quantitative estimate of drug-likeness (QED) is 0.682. The SMILES string of the molecule is Cc1nc(Nc2ncc(C(=O)O)s2)cc(N2CCN(N=CCC3CC3)CC2)n1. The molecule has 2 aliphatic rings. The largest absolute Gasteiger partial charge is 0.477 e. The minimum Gasteiger partial charge on any atom is -0.477 e. The summed E-state index contributed by atoms with van der Waals surface area (Å²) in [5, 5.41) is 19.3. The number of carbonyl (C=O) groups is 1. The first-order valence-corrected chi connectivity index (χ1v) is 10.2. The van der Waals surface area contributed by atoms with E-state index in [1.165, 1.54) is 19.0 Å². The van der Waals surface area contributed by atoms with E-state index in [9.17, 15) is 4.79 Å². The molecule has 1 aliphatic carbocycles. The van der Waals surface area contributed by atoms with E-state index in [0.29, 0.717) is 16.8 Å². The molecule has 0 atom stereocenters. The molecule has 10 heteroatoms. The summed E-state index contributed by atoms with van der Waals surface area (Å²) in [6.07, 6.45) is 7.20. The third-order valence-corrected chi connectivity index (χ3v) is 5.64. The number of hydrazone groups is 1. The second kappa shape index (κ2) is 8.09. The molecular formula is C18H23N7O2S. The van der Waals surface area contributed by atoms with E-state index in [4.69, 9.17) is 5.11 Å². The molecule has 9 nitrogen and oxygen atoms in total. The van der Waals surface area contributed by atoms with Crippen molar-refractivity contribution in [1.82, 2.24) is 20.0 Å². The number of anilines is 3. The Hall–Kier alpha value is -2.75. The monoisotopic (exact) mass is 401 g/mol. The van der Waals surface area contributed by atoms with Crippen LogP contribution in [0.15, 0.2) is 17.4 Å². The van der Waals surface area contributed by atoms with Crippen molar-refractivity contribution in [3.05, 3.63) is 23.0 Å². The Morgan fingerprint density at radius 3 is 2.82 bits per heavy atom. The molecule has 28 heavy (non-hydrogen) atoms. The van der Waals surface area contributed by atoms with Gasteiger partial charge in [-0.15, -0.1) is 0 Å². The Kier molecular flexibility index (Phi) is 5.38. The molecule has 1 saturated carbocycles. The Morgan fingerprint density at radius 1 is 1.36 bits per heavy atom. The third-order valence-electron chi connectivity index (χ3n) is 4.74. The fourth-order valence-corrected chi connectivity index (χ4v) is 3.69. The zero-order chi connectivity index (χ0) is 19.5. The summed E-state index contributed by atoms with van der Waals surface area (Å²) in [6, 6.07) is 1.88. The van der Waals surface area contributed by atoms with Crippen LogP contribution in [0.5, 0.6) is 0 Å². The zero-order valence-corrected chi connectivity index (χ0v) is 16.5. The molecule has 0 radical (unpaired) electrons. The van der Waals surface area contributed by atoms with Crippen molar-refractivity contribution in [2.75, 3.05) is 36.4 Å². The van der Waals surface area contributed by atoms with Crippen LogP contribution in [0.2, 0.25) is 0 Å². The number of nitrogens with zero attached hydrogens (tertiary/aromatic N) is 6. The molecule has 4 rings (SSSR count). The maximum absolute atomic E-state index is 11.0. The van der Waals surface area contributed by atoms with Crippen LogP contribution in [0.4, 0.5) is 16.8 Å². The molecule has 2 N–H and O–H groups in total. The second-order valence-electron chi connectivity index (χ2n) is 7.04. The van der Waals surface area contributed by atoms with Crippen molar-refractivity contribution in [3.63, 3.8) is 0 Å². The van der Waals surface area contributed by atoms with E-state index in [-0.39, 0.29) is 4.88 Å². The molecule has 0 amide bonds. The maximum Gasteiger partial charge on any atom is 0.347 e. The number of carboxylic acid groups (broad SMARTS) is 1. The minimum atomic E-state index is -0.984. The van der Waals surface area contributed by atoms with Crippen molar-refractivity contribution in [3.8, 4) is 0 Å². The summed E-state index contributed by atoms with van der Waals surface area (Å²) < 4.78 is 0. The molecule has 0 aromatic carbocycles. The van der Waals surface area contributed by atoms with E-state index < -0.39 is 5.97 Å². The van der Waals surface area contributed by atoms with Crippen LogP contribution >= 0.6 is 11.3 Å². The van der Waals surface area contributed by atoms with Gasteiger partial charge in [-0.1, -0.05) is 11.3 Å². The fraction of sp³-hybridized carbons (Fsp3) is 0.500. The highest BCUT2D eigenvalue weighted by Crippen LogP contribution is 2.31. The predicted octanol–water partition coefficient (Wildman–Crippen LogP) is 2.59. The average molecular weight is 401 g/mol. The van der Waals surface area contributed by atoms with Gasteiger partial charge < -0.3 is 15.3 Å². The first-order chi connectivity index (χ1) is 13.6. The van der Waals surface area contributed by atoms with Gasteiger partial charge in [-0.2, -0.15) is 5.10 Å². The number of hydrogen-bond acceptors (Lipinski definition) is 9. The molecule has 2 aromatic heterocycles. The molecule has 1 saturated heterocycles. The highest BCUT2D eigenvalue weighted by molar-refractivity contribution is 7.17. The van der Waals surface area contributed by atoms with Crippen LogP contribution in [0.3, 0.4) is 0 Å². The lowest BCUT2D eigenvalue weighted by atomic mass is 10.3. The highest BCUT2D eigenvalue weighted by Gasteiger charge is 2.21. The molecule has 3 heterocycles. The summed E-state index contributed by atoms with van der Waals surface area (Å²) in [5.74, 6) is 2.00. The molecule has 1 aliphatic heterocycles. The van der Waals surface area contributed by atoms with Crippen molar-refractivity contribution < 1.29 is 9.90 Å². The van der Waals surface area contributed by atoms with Crippen LogP contribution in [0, 0.1) is 12.8 Å². The van der Waals surface area contributed by atoms with Gasteiger partial charge in [-0.05, 0) is 32.1 Å².